The number of benzene rings is 1. The third-order valence-electron chi connectivity index (χ3n) is 2.49. The lowest BCUT2D eigenvalue weighted by Gasteiger charge is -2.20. The Bertz CT molecular complexity index is 588. The second-order valence-corrected chi connectivity index (χ2v) is 5.53. The molecule has 0 aliphatic rings. The number of aromatic hydroxyl groups is 1. The lowest BCUT2D eigenvalue weighted by Crippen LogP contribution is -2.27. The molecular weight excluding hydrogens is 290 g/mol. The van der Waals surface area contributed by atoms with Gasteiger partial charge in [-0.25, -0.2) is 4.79 Å². The number of carbonyl (C=O) groups excluding carboxylic acids is 3. The van der Waals surface area contributed by atoms with Crippen LogP contribution < -0.4 is 5.32 Å². The van der Waals surface area contributed by atoms with Crippen molar-refractivity contribution in [2.75, 3.05) is 12.4 Å². The van der Waals surface area contributed by atoms with Crippen LogP contribution in [0.15, 0.2) is 18.2 Å². The van der Waals surface area contributed by atoms with E-state index in [4.69, 9.17) is 4.74 Å². The molecule has 0 spiro atoms. The van der Waals surface area contributed by atoms with E-state index in [0.29, 0.717) is 0 Å². The van der Waals surface area contributed by atoms with Crippen LogP contribution in [0, 0.1) is 0 Å². The van der Waals surface area contributed by atoms with Crippen LogP contribution in [0.4, 0.5) is 10.5 Å². The fourth-order valence-corrected chi connectivity index (χ4v) is 1.53. The average molecular weight is 309 g/mol. The Hall–Kier alpha value is -2.57. The summed E-state index contributed by atoms with van der Waals surface area (Å²) in [5.74, 6) is -1.38. The molecule has 0 fully saturated rings. The van der Waals surface area contributed by atoms with Gasteiger partial charge in [0.05, 0.1) is 12.8 Å². The van der Waals surface area contributed by atoms with Crippen LogP contribution in [-0.4, -0.2) is 35.7 Å². The molecule has 2 N–H and O–H groups in total. The predicted molar refractivity (Wildman–Crippen MR) is 78.9 cm³/mol. The minimum Gasteiger partial charge on any atom is -0.506 e. The van der Waals surface area contributed by atoms with Crippen molar-refractivity contribution in [3.05, 3.63) is 23.8 Å². The normalized spacial score (nSPS) is 10.7. The van der Waals surface area contributed by atoms with Crippen LogP contribution >= 0.6 is 0 Å². The number of hydrogen-bond acceptors (Lipinski definition) is 6. The van der Waals surface area contributed by atoms with E-state index in [1.54, 1.807) is 20.8 Å². The van der Waals surface area contributed by atoms with Crippen LogP contribution in [0.5, 0.6) is 5.75 Å². The number of ether oxygens (including phenoxy) is 2. The molecule has 0 aromatic heterocycles. The van der Waals surface area contributed by atoms with E-state index in [0.717, 1.165) is 0 Å². The molecule has 1 rings (SSSR count). The number of carbonyl (C=O) groups is 3. The highest BCUT2D eigenvalue weighted by atomic mass is 16.6. The number of phenolic OH excluding ortho intramolecular Hbond substituents is 1. The maximum absolute atomic E-state index is 11.9. The maximum Gasteiger partial charge on any atom is 0.412 e. The summed E-state index contributed by atoms with van der Waals surface area (Å²) >= 11 is 0. The van der Waals surface area contributed by atoms with Crippen LogP contribution in [0.25, 0.3) is 0 Å². The molecule has 1 aromatic rings. The minimum atomic E-state index is -0.764. The number of phenols is 1. The Morgan fingerprint density at radius 1 is 1.23 bits per heavy atom. The highest BCUT2D eigenvalue weighted by molar-refractivity contribution is 6.06. The van der Waals surface area contributed by atoms with Gasteiger partial charge < -0.3 is 14.6 Å². The monoisotopic (exact) mass is 309 g/mol. The van der Waals surface area contributed by atoms with Gasteiger partial charge in [-0.1, -0.05) is 0 Å². The van der Waals surface area contributed by atoms with E-state index in [1.807, 2.05) is 0 Å². The summed E-state index contributed by atoms with van der Waals surface area (Å²) in [6.45, 7) is 5.09. The molecule has 0 aliphatic heterocycles. The van der Waals surface area contributed by atoms with E-state index in [1.165, 1.54) is 25.3 Å². The first-order valence-electron chi connectivity index (χ1n) is 6.55. The van der Waals surface area contributed by atoms with Crippen molar-refractivity contribution in [2.24, 2.45) is 0 Å². The van der Waals surface area contributed by atoms with Gasteiger partial charge in [0.1, 0.15) is 17.8 Å². The van der Waals surface area contributed by atoms with Crippen molar-refractivity contribution < 1.29 is 29.0 Å². The highest BCUT2D eigenvalue weighted by Gasteiger charge is 2.19. The molecule has 0 atom stereocenters. The predicted octanol–water partition coefficient (Wildman–Crippen LogP) is 2.49. The molecule has 120 valence electrons. The summed E-state index contributed by atoms with van der Waals surface area (Å²) < 4.78 is 9.48. The van der Waals surface area contributed by atoms with E-state index in [9.17, 15) is 19.5 Å². The Labute approximate surface area is 128 Å². The lowest BCUT2D eigenvalue weighted by atomic mass is 10.1. The maximum atomic E-state index is 11.9. The number of hydrogen-bond donors (Lipinski definition) is 2. The van der Waals surface area contributed by atoms with Gasteiger partial charge in [-0.15, -0.1) is 0 Å². The molecule has 0 saturated heterocycles. The third-order valence-corrected chi connectivity index (χ3v) is 2.49. The Balaban J connectivity index is 2.88. The second kappa shape index (κ2) is 6.93. The molecular formula is C15H19NO6. The minimum absolute atomic E-state index is 0.0185. The van der Waals surface area contributed by atoms with Gasteiger partial charge in [-0.3, -0.25) is 14.9 Å². The van der Waals surface area contributed by atoms with Gasteiger partial charge in [-0.2, -0.15) is 0 Å². The molecule has 1 aromatic carbocycles. The molecule has 0 bridgehead atoms. The largest absolute Gasteiger partial charge is 0.506 e. The fraction of sp³-hybridized carbons (Fsp3) is 0.400. The number of esters is 1. The Kier molecular flexibility index (Phi) is 5.50. The van der Waals surface area contributed by atoms with Gasteiger partial charge in [0.15, 0.2) is 5.78 Å². The topological polar surface area (TPSA) is 102 Å². The molecule has 7 heteroatoms. The van der Waals surface area contributed by atoms with Gasteiger partial charge >= 0.3 is 12.1 Å². The zero-order valence-corrected chi connectivity index (χ0v) is 12.9. The van der Waals surface area contributed by atoms with E-state index in [-0.39, 0.29) is 17.0 Å². The summed E-state index contributed by atoms with van der Waals surface area (Å²) in [5, 5.41) is 12.1. The first kappa shape index (κ1) is 17.5. The molecule has 0 aliphatic carbocycles. The second-order valence-electron chi connectivity index (χ2n) is 5.53. The van der Waals surface area contributed by atoms with Crippen LogP contribution in [0.3, 0.4) is 0 Å². The van der Waals surface area contributed by atoms with Crippen LogP contribution in [-0.2, 0) is 14.3 Å². The number of rotatable bonds is 4. The van der Waals surface area contributed by atoms with Crippen molar-refractivity contribution in [1.29, 1.82) is 0 Å². The first-order chi connectivity index (χ1) is 10.1. The molecule has 0 radical (unpaired) electrons. The standard InChI is InChI=1S/C15H19NO6/c1-15(2,3)22-14(20)16-10-7-9(5-6-11(10)17)12(18)8-13(19)21-4/h5-7,17H,8H2,1-4H3,(H,16,20). The van der Waals surface area contributed by atoms with Crippen LogP contribution in [0.1, 0.15) is 37.6 Å². The van der Waals surface area contributed by atoms with Gasteiger partial charge in [0.25, 0.3) is 0 Å². The smallest absolute Gasteiger partial charge is 0.412 e. The number of ketones is 1. The van der Waals surface area contributed by atoms with E-state index >= 15 is 0 Å². The summed E-state index contributed by atoms with van der Waals surface area (Å²) in [5.41, 5.74) is -0.517. The van der Waals surface area contributed by atoms with Crippen molar-refractivity contribution in [2.45, 2.75) is 32.8 Å². The SMILES string of the molecule is COC(=O)CC(=O)c1ccc(O)c(NC(=O)OC(C)(C)C)c1. The molecule has 1 amide bonds. The van der Waals surface area contributed by atoms with Gasteiger partial charge in [0.2, 0.25) is 0 Å². The van der Waals surface area contributed by atoms with Gasteiger partial charge in [0, 0.05) is 5.56 Å². The summed E-state index contributed by atoms with van der Waals surface area (Å²) in [6.07, 6.45) is -1.19. The number of Topliss-reactive ketones (excluding diaryl/α,β-unsaturated/α-hetero) is 1. The average Bonchev–Trinajstić information content (AvgIpc) is 2.38. The zero-order valence-electron chi connectivity index (χ0n) is 12.9. The molecule has 22 heavy (non-hydrogen) atoms. The summed E-state index contributed by atoms with van der Waals surface area (Å²) in [4.78, 5) is 34.6. The summed E-state index contributed by atoms with van der Waals surface area (Å²) in [7, 11) is 1.18. The number of methoxy groups -OCH3 is 1. The molecule has 7 nitrogen and oxygen atoms in total. The van der Waals surface area contributed by atoms with Gasteiger partial charge in [-0.05, 0) is 39.0 Å². The van der Waals surface area contributed by atoms with Crippen LogP contribution in [0.2, 0.25) is 0 Å². The molecule has 0 saturated carbocycles. The molecule has 0 heterocycles. The first-order valence-corrected chi connectivity index (χ1v) is 6.55. The zero-order chi connectivity index (χ0) is 16.9. The van der Waals surface area contributed by atoms with Crippen molar-refractivity contribution >= 4 is 23.5 Å². The number of nitrogens with one attached hydrogen (secondary N) is 1. The Morgan fingerprint density at radius 2 is 1.86 bits per heavy atom. The summed E-state index contributed by atoms with van der Waals surface area (Å²) in [6, 6.07) is 3.86. The Morgan fingerprint density at radius 3 is 2.41 bits per heavy atom. The molecule has 0 unspecified atom stereocenters. The van der Waals surface area contributed by atoms with Crippen molar-refractivity contribution in [3.63, 3.8) is 0 Å². The fourth-order valence-electron chi connectivity index (χ4n) is 1.53. The number of anilines is 1. The van der Waals surface area contributed by atoms with E-state index in [2.05, 4.69) is 10.1 Å². The lowest BCUT2D eigenvalue weighted by molar-refractivity contribution is -0.139. The number of amides is 1. The highest BCUT2D eigenvalue weighted by Crippen LogP contribution is 2.25. The quantitative estimate of drug-likeness (QED) is 0.383. The van der Waals surface area contributed by atoms with Crippen molar-refractivity contribution in [3.8, 4) is 5.75 Å². The van der Waals surface area contributed by atoms with E-state index < -0.39 is 29.9 Å². The van der Waals surface area contributed by atoms with Crippen molar-refractivity contribution in [1.82, 2.24) is 0 Å². The third kappa shape index (κ3) is 5.43.